The van der Waals surface area contributed by atoms with Crippen LogP contribution in [-0.2, 0) is 0 Å². The maximum atomic E-state index is 12.1. The molecule has 8 heteroatoms. The fourth-order valence-corrected chi connectivity index (χ4v) is 2.75. The highest BCUT2D eigenvalue weighted by Crippen LogP contribution is 2.25. The van der Waals surface area contributed by atoms with E-state index >= 15 is 0 Å². The molecule has 0 radical (unpaired) electrons. The number of rotatable bonds is 6. The van der Waals surface area contributed by atoms with E-state index < -0.39 is 12.6 Å². The van der Waals surface area contributed by atoms with E-state index in [1.165, 1.54) is 24.3 Å². The minimum absolute atomic E-state index is 0.161. The summed E-state index contributed by atoms with van der Waals surface area (Å²) in [5.74, 6) is 0.606. The van der Waals surface area contributed by atoms with E-state index in [4.69, 9.17) is 16.3 Å². The molecule has 1 fully saturated rings. The summed E-state index contributed by atoms with van der Waals surface area (Å²) in [6.45, 7) is 1.92. The van der Waals surface area contributed by atoms with Gasteiger partial charge in [-0.05, 0) is 37.1 Å². The lowest BCUT2D eigenvalue weighted by molar-refractivity contribution is -0.274. The van der Waals surface area contributed by atoms with Crippen LogP contribution in [0, 0.1) is 5.92 Å². The Morgan fingerprint density at radius 1 is 1.26 bits per heavy atom. The number of hydrogen-bond acceptors (Lipinski definition) is 4. The molecule has 0 bridgehead atoms. The second-order valence-electron chi connectivity index (χ2n) is 5.47. The van der Waals surface area contributed by atoms with Crippen LogP contribution in [0.1, 0.15) is 12.8 Å². The highest BCUT2D eigenvalue weighted by atomic mass is 35.5. The van der Waals surface area contributed by atoms with E-state index in [2.05, 4.69) is 4.74 Å². The van der Waals surface area contributed by atoms with Crippen LogP contribution in [0.5, 0.6) is 11.5 Å². The van der Waals surface area contributed by atoms with Crippen LogP contribution in [0.25, 0.3) is 0 Å². The third-order valence-corrected chi connectivity index (χ3v) is 3.93. The number of aliphatic hydroxyl groups is 1. The summed E-state index contributed by atoms with van der Waals surface area (Å²) in [6, 6.07) is 5.31. The van der Waals surface area contributed by atoms with Gasteiger partial charge in [0.05, 0.1) is 12.5 Å². The van der Waals surface area contributed by atoms with Crippen LogP contribution in [-0.4, -0.2) is 48.2 Å². The molecule has 0 aliphatic carbocycles. The van der Waals surface area contributed by atoms with E-state index in [0.29, 0.717) is 18.9 Å². The van der Waals surface area contributed by atoms with Crippen molar-refractivity contribution in [2.45, 2.75) is 25.4 Å². The number of hydrogen-bond donors (Lipinski definition) is 1. The Balaban J connectivity index is 1.81. The zero-order valence-corrected chi connectivity index (χ0v) is 13.2. The van der Waals surface area contributed by atoms with E-state index in [1.54, 1.807) is 0 Å². The van der Waals surface area contributed by atoms with Crippen molar-refractivity contribution in [2.75, 3.05) is 25.6 Å². The molecule has 4 nitrogen and oxygen atoms in total. The Labute approximate surface area is 137 Å². The van der Waals surface area contributed by atoms with Crippen LogP contribution in [0.3, 0.4) is 0 Å². The molecule has 0 amide bonds. The molecule has 2 rings (SSSR count). The highest BCUT2D eigenvalue weighted by molar-refractivity contribution is 6.18. The lowest BCUT2D eigenvalue weighted by Crippen LogP contribution is -2.44. The first kappa shape index (κ1) is 18.2. The van der Waals surface area contributed by atoms with Gasteiger partial charge in [0.15, 0.2) is 0 Å². The molecular formula is C15H19ClF3NO3. The Hall–Kier alpha value is -1.18. The number of alkyl halides is 4. The third-order valence-electron chi connectivity index (χ3n) is 3.65. The standard InChI is InChI=1S/C15H19ClF3NO3/c16-8-14(21)20-7-1-2-11(9-20)10-22-12-3-5-13(6-4-12)23-15(17,18)19/h3-6,11,14,21H,1-2,7-10H2/t11?,14-/m0/s1. The van der Waals surface area contributed by atoms with E-state index in [1.807, 2.05) is 4.90 Å². The summed E-state index contributed by atoms with van der Waals surface area (Å²) in [7, 11) is 0. The van der Waals surface area contributed by atoms with Gasteiger partial charge in [0.2, 0.25) is 0 Å². The maximum Gasteiger partial charge on any atom is 0.573 e. The molecule has 1 saturated heterocycles. The minimum atomic E-state index is -4.70. The monoisotopic (exact) mass is 353 g/mol. The minimum Gasteiger partial charge on any atom is -0.493 e. The normalized spacial score (nSPS) is 21.0. The van der Waals surface area contributed by atoms with Crippen LogP contribution in [0.4, 0.5) is 13.2 Å². The molecule has 1 aromatic rings. The van der Waals surface area contributed by atoms with Crippen LogP contribution < -0.4 is 9.47 Å². The molecule has 2 atom stereocenters. The Kier molecular flexibility index (Phi) is 6.38. The summed E-state index contributed by atoms with van der Waals surface area (Å²) in [4.78, 5) is 1.91. The number of aliphatic hydroxyl groups excluding tert-OH is 1. The van der Waals surface area contributed by atoms with E-state index in [9.17, 15) is 18.3 Å². The number of nitrogens with zero attached hydrogens (tertiary/aromatic N) is 1. The summed E-state index contributed by atoms with van der Waals surface area (Å²) in [5.41, 5.74) is 0. The number of likely N-dealkylation sites (tertiary alicyclic amines) is 1. The topological polar surface area (TPSA) is 41.9 Å². The zero-order chi connectivity index (χ0) is 16.9. The van der Waals surface area contributed by atoms with Gasteiger partial charge in [0.1, 0.15) is 17.7 Å². The van der Waals surface area contributed by atoms with Crippen molar-refractivity contribution in [3.63, 3.8) is 0 Å². The molecule has 23 heavy (non-hydrogen) atoms. The average molecular weight is 354 g/mol. The molecule has 0 aromatic heterocycles. The van der Waals surface area contributed by atoms with Crippen LogP contribution in [0.15, 0.2) is 24.3 Å². The second kappa shape index (κ2) is 8.08. The van der Waals surface area contributed by atoms with Gasteiger partial charge < -0.3 is 14.6 Å². The van der Waals surface area contributed by atoms with Gasteiger partial charge >= 0.3 is 6.36 Å². The molecule has 1 unspecified atom stereocenters. The number of ether oxygens (including phenoxy) is 2. The fourth-order valence-electron chi connectivity index (χ4n) is 2.55. The largest absolute Gasteiger partial charge is 0.573 e. The van der Waals surface area contributed by atoms with Gasteiger partial charge in [-0.1, -0.05) is 0 Å². The first-order chi connectivity index (χ1) is 10.9. The Morgan fingerprint density at radius 3 is 2.52 bits per heavy atom. The molecule has 1 aliphatic rings. The van der Waals surface area contributed by atoms with E-state index in [0.717, 1.165) is 19.4 Å². The first-order valence-corrected chi connectivity index (χ1v) is 7.87. The van der Waals surface area contributed by atoms with Gasteiger partial charge in [-0.2, -0.15) is 0 Å². The zero-order valence-electron chi connectivity index (χ0n) is 12.4. The van der Waals surface area contributed by atoms with Crippen LogP contribution in [0.2, 0.25) is 0 Å². The van der Waals surface area contributed by atoms with E-state index in [-0.39, 0.29) is 17.5 Å². The average Bonchev–Trinajstić information content (AvgIpc) is 2.52. The first-order valence-electron chi connectivity index (χ1n) is 7.34. The molecule has 1 N–H and O–H groups in total. The van der Waals surface area contributed by atoms with Crippen molar-refractivity contribution in [1.29, 1.82) is 0 Å². The second-order valence-corrected chi connectivity index (χ2v) is 5.78. The molecule has 130 valence electrons. The van der Waals surface area contributed by atoms with Crippen LogP contribution >= 0.6 is 11.6 Å². The Morgan fingerprint density at radius 2 is 1.91 bits per heavy atom. The van der Waals surface area contributed by atoms with Crippen molar-refractivity contribution in [2.24, 2.45) is 5.92 Å². The summed E-state index contributed by atoms with van der Waals surface area (Å²) < 4.78 is 45.6. The van der Waals surface area contributed by atoms with Crippen molar-refractivity contribution in [3.8, 4) is 11.5 Å². The lowest BCUT2D eigenvalue weighted by Gasteiger charge is -2.35. The van der Waals surface area contributed by atoms with Gasteiger partial charge in [0.25, 0.3) is 0 Å². The van der Waals surface area contributed by atoms with Crippen molar-refractivity contribution in [1.82, 2.24) is 4.90 Å². The van der Waals surface area contributed by atoms with Crippen molar-refractivity contribution < 1.29 is 27.8 Å². The lowest BCUT2D eigenvalue weighted by atomic mass is 9.99. The summed E-state index contributed by atoms with van der Waals surface area (Å²) >= 11 is 5.65. The SMILES string of the molecule is O[C@@H](CCl)N1CCCC(COc2ccc(OC(F)(F)F)cc2)C1. The summed E-state index contributed by atoms with van der Waals surface area (Å²) in [5, 5.41) is 9.76. The quantitative estimate of drug-likeness (QED) is 0.797. The maximum absolute atomic E-state index is 12.1. The third kappa shape index (κ3) is 6.08. The van der Waals surface area contributed by atoms with Gasteiger partial charge in [-0.25, -0.2) is 0 Å². The molecule has 0 spiro atoms. The van der Waals surface area contributed by atoms with Gasteiger partial charge in [-0.15, -0.1) is 24.8 Å². The molecule has 1 aliphatic heterocycles. The number of benzene rings is 1. The Bertz CT molecular complexity index is 484. The molecule has 1 heterocycles. The van der Waals surface area contributed by atoms with Crippen molar-refractivity contribution >= 4 is 11.6 Å². The number of piperidine rings is 1. The highest BCUT2D eigenvalue weighted by Gasteiger charge is 2.31. The predicted molar refractivity (Wildman–Crippen MR) is 79.6 cm³/mol. The molecule has 1 aromatic carbocycles. The fraction of sp³-hybridized carbons (Fsp3) is 0.600. The van der Waals surface area contributed by atoms with Gasteiger partial charge in [0, 0.05) is 19.0 Å². The smallest absolute Gasteiger partial charge is 0.493 e. The predicted octanol–water partition coefficient (Wildman–Crippen LogP) is 3.23. The number of halogens is 4. The molecule has 0 saturated carbocycles. The molecular weight excluding hydrogens is 335 g/mol. The van der Waals surface area contributed by atoms with Gasteiger partial charge in [-0.3, -0.25) is 4.90 Å². The summed E-state index contributed by atoms with van der Waals surface area (Å²) in [6.07, 6.45) is -3.43. The van der Waals surface area contributed by atoms with Crippen molar-refractivity contribution in [3.05, 3.63) is 24.3 Å².